The van der Waals surface area contributed by atoms with Gasteiger partial charge in [0.05, 0.1) is 25.2 Å². The third-order valence-corrected chi connectivity index (χ3v) is 5.72. The lowest BCUT2D eigenvalue weighted by Crippen LogP contribution is -2.14. The Hall–Kier alpha value is -2.52. The highest BCUT2D eigenvalue weighted by Gasteiger charge is 2.22. The average Bonchev–Trinajstić information content (AvgIpc) is 3.01. The fourth-order valence-electron chi connectivity index (χ4n) is 3.33. The van der Waals surface area contributed by atoms with Gasteiger partial charge in [-0.05, 0) is 62.8 Å². The molecule has 0 unspecified atom stereocenters. The number of benzene rings is 1. The first-order valence-corrected chi connectivity index (χ1v) is 10.2. The van der Waals surface area contributed by atoms with E-state index in [1.165, 1.54) is 4.88 Å². The van der Waals surface area contributed by atoms with Crippen molar-refractivity contribution >= 4 is 22.2 Å². The summed E-state index contributed by atoms with van der Waals surface area (Å²) in [6.07, 6.45) is 4.42. The third-order valence-electron chi connectivity index (χ3n) is 4.51. The number of rotatable bonds is 7. The van der Waals surface area contributed by atoms with Gasteiger partial charge in [0, 0.05) is 4.88 Å². The van der Waals surface area contributed by atoms with Crippen molar-refractivity contribution in [3.8, 4) is 17.6 Å². The molecule has 6 heteroatoms. The van der Waals surface area contributed by atoms with Crippen molar-refractivity contribution in [2.75, 3.05) is 18.5 Å². The van der Waals surface area contributed by atoms with Crippen molar-refractivity contribution in [1.82, 2.24) is 0 Å². The van der Waals surface area contributed by atoms with Crippen LogP contribution in [0.5, 0.6) is 11.5 Å². The lowest BCUT2D eigenvalue weighted by Gasteiger charge is -2.12. The summed E-state index contributed by atoms with van der Waals surface area (Å²) in [7, 11) is 0. The first kappa shape index (κ1) is 19.2. The molecule has 0 saturated heterocycles. The average molecular weight is 385 g/mol. The summed E-state index contributed by atoms with van der Waals surface area (Å²) in [6, 6.07) is 7.83. The van der Waals surface area contributed by atoms with E-state index in [9.17, 15) is 10.1 Å². The van der Waals surface area contributed by atoms with Crippen LogP contribution in [0.4, 0.5) is 5.00 Å². The molecule has 5 nitrogen and oxygen atoms in total. The molecular formula is C21H24N2O3S. The van der Waals surface area contributed by atoms with E-state index in [-0.39, 0.29) is 12.3 Å². The van der Waals surface area contributed by atoms with E-state index in [1.807, 2.05) is 32.0 Å². The maximum Gasteiger partial charge on any atom is 0.229 e. The van der Waals surface area contributed by atoms with Crippen LogP contribution in [0.2, 0.25) is 0 Å². The normalized spacial score (nSPS) is 12.8. The summed E-state index contributed by atoms with van der Waals surface area (Å²) < 4.78 is 11.2. The number of hydrogen-bond acceptors (Lipinski definition) is 5. The SMILES string of the molecule is CCOc1ccc(CC(=O)Nc2sc3c(c2C#N)CCCC3)cc1OCC. The Kier molecular flexibility index (Phi) is 6.36. The molecule has 1 aromatic carbocycles. The summed E-state index contributed by atoms with van der Waals surface area (Å²) in [5, 5.41) is 13.1. The quantitative estimate of drug-likeness (QED) is 0.764. The van der Waals surface area contributed by atoms with Gasteiger partial charge >= 0.3 is 0 Å². The Balaban J connectivity index is 1.74. The lowest BCUT2D eigenvalue weighted by molar-refractivity contribution is -0.115. The predicted octanol–water partition coefficient (Wildman–Crippen LogP) is 4.48. The van der Waals surface area contributed by atoms with Crippen molar-refractivity contribution in [3.05, 3.63) is 39.8 Å². The van der Waals surface area contributed by atoms with E-state index in [4.69, 9.17) is 9.47 Å². The summed E-state index contributed by atoms with van der Waals surface area (Å²) in [4.78, 5) is 13.8. The summed E-state index contributed by atoms with van der Waals surface area (Å²) in [5.74, 6) is 1.20. The minimum atomic E-state index is -0.128. The summed E-state index contributed by atoms with van der Waals surface area (Å²) in [6.45, 7) is 4.92. The van der Waals surface area contributed by atoms with E-state index in [0.29, 0.717) is 35.3 Å². The number of anilines is 1. The molecule has 0 saturated carbocycles. The van der Waals surface area contributed by atoms with Gasteiger partial charge in [-0.15, -0.1) is 11.3 Å². The Labute approximate surface area is 163 Å². The second-order valence-electron chi connectivity index (χ2n) is 6.40. The van der Waals surface area contributed by atoms with Crippen LogP contribution in [0.15, 0.2) is 18.2 Å². The van der Waals surface area contributed by atoms with Crippen LogP contribution in [0.1, 0.15) is 48.3 Å². The van der Waals surface area contributed by atoms with Crippen LogP contribution in [0.3, 0.4) is 0 Å². The van der Waals surface area contributed by atoms with Crippen LogP contribution in [-0.2, 0) is 24.1 Å². The van der Waals surface area contributed by atoms with Crippen molar-refractivity contribution in [2.24, 2.45) is 0 Å². The molecule has 27 heavy (non-hydrogen) atoms. The number of nitrogens with one attached hydrogen (secondary N) is 1. The molecule has 1 aliphatic carbocycles. The standard InChI is InChI=1S/C21H24N2O3S/c1-3-25-17-10-9-14(11-18(17)26-4-2)12-20(24)23-21-16(13-22)15-7-5-6-8-19(15)27-21/h9-11H,3-8,12H2,1-2H3,(H,23,24). The maximum atomic E-state index is 12.6. The molecule has 1 aliphatic rings. The highest BCUT2D eigenvalue weighted by Crippen LogP contribution is 2.37. The second-order valence-corrected chi connectivity index (χ2v) is 7.50. The van der Waals surface area contributed by atoms with Crippen LogP contribution < -0.4 is 14.8 Å². The number of fused-ring (bicyclic) bond motifs is 1. The maximum absolute atomic E-state index is 12.6. The smallest absolute Gasteiger partial charge is 0.229 e. The summed E-state index contributed by atoms with van der Waals surface area (Å²) in [5.41, 5.74) is 2.62. The van der Waals surface area contributed by atoms with Gasteiger partial charge in [-0.2, -0.15) is 5.26 Å². The molecule has 2 aromatic rings. The number of amides is 1. The van der Waals surface area contributed by atoms with Crippen molar-refractivity contribution < 1.29 is 14.3 Å². The Morgan fingerprint density at radius 3 is 2.67 bits per heavy atom. The van der Waals surface area contributed by atoms with Crippen LogP contribution in [0, 0.1) is 11.3 Å². The fraction of sp³-hybridized carbons (Fsp3) is 0.429. The number of hydrogen-bond donors (Lipinski definition) is 1. The van der Waals surface area contributed by atoms with Gasteiger partial charge in [0.15, 0.2) is 11.5 Å². The third kappa shape index (κ3) is 4.42. The van der Waals surface area contributed by atoms with Gasteiger partial charge in [0.25, 0.3) is 0 Å². The van der Waals surface area contributed by atoms with Crippen LogP contribution in [-0.4, -0.2) is 19.1 Å². The Morgan fingerprint density at radius 2 is 1.93 bits per heavy atom. The number of nitriles is 1. The van der Waals surface area contributed by atoms with Crippen molar-refractivity contribution in [3.63, 3.8) is 0 Å². The fourth-order valence-corrected chi connectivity index (χ4v) is 4.59. The van der Waals surface area contributed by atoms with Gasteiger partial charge in [0.1, 0.15) is 11.1 Å². The van der Waals surface area contributed by atoms with Gasteiger partial charge in [0.2, 0.25) is 5.91 Å². The highest BCUT2D eigenvalue weighted by molar-refractivity contribution is 7.16. The molecular weight excluding hydrogens is 360 g/mol. The van der Waals surface area contributed by atoms with Gasteiger partial charge in [-0.25, -0.2) is 0 Å². The number of ether oxygens (including phenoxy) is 2. The van der Waals surface area contributed by atoms with E-state index in [0.717, 1.165) is 36.8 Å². The molecule has 1 heterocycles. The number of nitrogens with zero attached hydrogens (tertiary/aromatic N) is 1. The molecule has 0 radical (unpaired) electrons. The van der Waals surface area contributed by atoms with E-state index < -0.39 is 0 Å². The topological polar surface area (TPSA) is 71.3 Å². The van der Waals surface area contributed by atoms with E-state index >= 15 is 0 Å². The minimum absolute atomic E-state index is 0.128. The Bertz CT molecular complexity index is 867. The monoisotopic (exact) mass is 384 g/mol. The number of carbonyl (C=O) groups excluding carboxylic acids is 1. The molecule has 0 aliphatic heterocycles. The molecule has 0 bridgehead atoms. The summed E-state index contributed by atoms with van der Waals surface area (Å²) >= 11 is 1.55. The number of aryl methyl sites for hydroxylation is 1. The lowest BCUT2D eigenvalue weighted by atomic mass is 9.96. The van der Waals surface area contributed by atoms with Gasteiger partial charge in [-0.1, -0.05) is 6.07 Å². The Morgan fingerprint density at radius 1 is 1.19 bits per heavy atom. The minimum Gasteiger partial charge on any atom is -0.490 e. The second kappa shape index (κ2) is 8.92. The molecule has 0 atom stereocenters. The predicted molar refractivity (Wildman–Crippen MR) is 107 cm³/mol. The number of carbonyl (C=O) groups is 1. The van der Waals surface area contributed by atoms with Gasteiger partial charge < -0.3 is 14.8 Å². The molecule has 1 aromatic heterocycles. The molecule has 0 fully saturated rings. The molecule has 0 spiro atoms. The van der Waals surface area contributed by atoms with Crippen LogP contribution in [0.25, 0.3) is 0 Å². The highest BCUT2D eigenvalue weighted by atomic mass is 32.1. The zero-order valence-electron chi connectivity index (χ0n) is 15.8. The number of thiophene rings is 1. The van der Waals surface area contributed by atoms with Gasteiger partial charge in [-0.3, -0.25) is 4.79 Å². The first-order chi connectivity index (χ1) is 13.2. The molecule has 1 N–H and O–H groups in total. The zero-order valence-corrected chi connectivity index (χ0v) is 16.6. The van der Waals surface area contributed by atoms with E-state index in [1.54, 1.807) is 11.3 Å². The first-order valence-electron chi connectivity index (χ1n) is 9.39. The largest absolute Gasteiger partial charge is 0.490 e. The molecule has 3 rings (SSSR count). The van der Waals surface area contributed by atoms with Crippen molar-refractivity contribution in [2.45, 2.75) is 46.0 Å². The van der Waals surface area contributed by atoms with Crippen molar-refractivity contribution in [1.29, 1.82) is 5.26 Å². The zero-order chi connectivity index (χ0) is 19.2. The van der Waals surface area contributed by atoms with Crippen LogP contribution >= 0.6 is 11.3 Å². The molecule has 142 valence electrons. The molecule has 1 amide bonds. The van der Waals surface area contributed by atoms with E-state index in [2.05, 4.69) is 11.4 Å².